The molecule has 0 bridgehead atoms. The van der Waals surface area contributed by atoms with Gasteiger partial charge in [0.1, 0.15) is 5.78 Å². The van der Waals surface area contributed by atoms with Gasteiger partial charge in [0.05, 0.1) is 16.5 Å². The summed E-state index contributed by atoms with van der Waals surface area (Å²) >= 11 is 0. The van der Waals surface area contributed by atoms with Gasteiger partial charge < -0.3 is 0 Å². The van der Waals surface area contributed by atoms with Gasteiger partial charge >= 0.3 is 0 Å². The second-order valence-corrected chi connectivity index (χ2v) is 6.89. The molecule has 1 heterocycles. The molecule has 0 N–H and O–H groups in total. The summed E-state index contributed by atoms with van der Waals surface area (Å²) in [6, 6.07) is 7.80. The van der Waals surface area contributed by atoms with Gasteiger partial charge in [-0.1, -0.05) is 0 Å². The summed E-state index contributed by atoms with van der Waals surface area (Å²) in [6.45, 7) is 2.19. The molecule has 1 aliphatic heterocycles. The Labute approximate surface area is 118 Å². The topological polar surface area (TPSA) is 78.2 Å². The van der Waals surface area contributed by atoms with Crippen LogP contribution in [0.3, 0.4) is 0 Å². The second-order valence-electron chi connectivity index (χ2n) is 4.95. The van der Waals surface area contributed by atoms with Crippen molar-refractivity contribution >= 4 is 15.8 Å². The van der Waals surface area contributed by atoms with Crippen LogP contribution in [0.5, 0.6) is 0 Å². The van der Waals surface area contributed by atoms with Crippen molar-refractivity contribution in [2.45, 2.75) is 24.7 Å². The molecule has 20 heavy (non-hydrogen) atoms. The third-order valence-electron chi connectivity index (χ3n) is 3.58. The van der Waals surface area contributed by atoms with E-state index in [-0.39, 0.29) is 23.1 Å². The van der Waals surface area contributed by atoms with Gasteiger partial charge in [-0.3, -0.25) is 4.79 Å². The van der Waals surface area contributed by atoms with Gasteiger partial charge in [0.15, 0.2) is 0 Å². The van der Waals surface area contributed by atoms with E-state index in [1.807, 2.05) is 6.07 Å². The van der Waals surface area contributed by atoms with Gasteiger partial charge in [0, 0.05) is 19.0 Å². The molecule has 6 heteroatoms. The maximum atomic E-state index is 12.5. The molecular weight excluding hydrogens is 276 g/mol. The number of hydrogen-bond acceptors (Lipinski definition) is 4. The molecule has 5 nitrogen and oxygen atoms in total. The largest absolute Gasteiger partial charge is 0.300 e. The Morgan fingerprint density at radius 3 is 2.55 bits per heavy atom. The Balaban J connectivity index is 2.25. The Kier molecular flexibility index (Phi) is 4.21. The van der Waals surface area contributed by atoms with Gasteiger partial charge in [0.2, 0.25) is 10.0 Å². The minimum atomic E-state index is -3.58. The molecule has 0 aromatic heterocycles. The van der Waals surface area contributed by atoms with Crippen molar-refractivity contribution in [1.82, 2.24) is 4.31 Å². The molecule has 1 fully saturated rings. The fourth-order valence-electron chi connectivity index (χ4n) is 2.34. The van der Waals surface area contributed by atoms with Crippen molar-refractivity contribution in [2.24, 2.45) is 5.92 Å². The fraction of sp³-hybridized carbons (Fsp3) is 0.429. The van der Waals surface area contributed by atoms with Crippen molar-refractivity contribution in [2.75, 3.05) is 13.1 Å². The number of nitrogens with zero attached hydrogens (tertiary/aromatic N) is 2. The van der Waals surface area contributed by atoms with Crippen molar-refractivity contribution < 1.29 is 13.2 Å². The van der Waals surface area contributed by atoms with Crippen molar-refractivity contribution in [1.29, 1.82) is 5.26 Å². The summed E-state index contributed by atoms with van der Waals surface area (Å²) in [6.07, 6.45) is 1.44. The van der Waals surface area contributed by atoms with Crippen LogP contribution in [0.25, 0.3) is 0 Å². The molecule has 2 rings (SSSR count). The summed E-state index contributed by atoms with van der Waals surface area (Å²) in [5, 5.41) is 8.73. The number of carbonyl (C=O) groups is 1. The molecule has 0 amide bonds. The van der Waals surface area contributed by atoms with E-state index in [1.54, 1.807) is 0 Å². The molecule has 0 spiro atoms. The molecule has 0 radical (unpaired) electrons. The van der Waals surface area contributed by atoms with E-state index < -0.39 is 10.0 Å². The fourth-order valence-corrected chi connectivity index (χ4v) is 3.87. The van der Waals surface area contributed by atoms with Crippen molar-refractivity contribution in [3.63, 3.8) is 0 Å². The Hall–Kier alpha value is -1.71. The summed E-state index contributed by atoms with van der Waals surface area (Å²) < 4.78 is 26.3. The van der Waals surface area contributed by atoms with Crippen molar-refractivity contribution in [3.05, 3.63) is 29.8 Å². The van der Waals surface area contributed by atoms with Crippen LogP contribution in [0.15, 0.2) is 29.2 Å². The van der Waals surface area contributed by atoms with Crippen LogP contribution in [0.2, 0.25) is 0 Å². The van der Waals surface area contributed by atoms with E-state index in [1.165, 1.54) is 35.5 Å². The minimum Gasteiger partial charge on any atom is -0.300 e. The lowest BCUT2D eigenvalue weighted by atomic mass is 9.96. The van der Waals surface area contributed by atoms with E-state index in [0.717, 1.165) is 6.42 Å². The van der Waals surface area contributed by atoms with Crippen LogP contribution in [-0.2, 0) is 14.8 Å². The number of rotatable bonds is 3. The Bertz CT molecular complexity index is 644. The first-order valence-corrected chi connectivity index (χ1v) is 7.90. The first kappa shape index (κ1) is 14.7. The Morgan fingerprint density at radius 2 is 2.00 bits per heavy atom. The SMILES string of the molecule is CC(=O)C1CCCN(S(=O)(=O)c2ccc(C#N)cc2)C1. The highest BCUT2D eigenvalue weighted by Crippen LogP contribution is 2.24. The predicted octanol–water partition coefficient (Wildman–Crippen LogP) is 1.55. The van der Waals surface area contributed by atoms with Crippen LogP contribution in [0.1, 0.15) is 25.3 Å². The molecule has 1 aliphatic rings. The Morgan fingerprint density at radius 1 is 1.35 bits per heavy atom. The van der Waals surface area contributed by atoms with E-state index in [4.69, 9.17) is 5.26 Å². The predicted molar refractivity (Wildman–Crippen MR) is 73.3 cm³/mol. The maximum Gasteiger partial charge on any atom is 0.243 e. The van der Waals surface area contributed by atoms with Gasteiger partial charge in [0.25, 0.3) is 0 Å². The van der Waals surface area contributed by atoms with Crippen LogP contribution >= 0.6 is 0 Å². The highest BCUT2D eigenvalue weighted by molar-refractivity contribution is 7.89. The number of ketones is 1. The number of sulfonamides is 1. The average Bonchev–Trinajstić information content (AvgIpc) is 2.47. The second kappa shape index (κ2) is 5.73. The van der Waals surface area contributed by atoms with Gasteiger partial charge in [-0.2, -0.15) is 9.57 Å². The first-order valence-electron chi connectivity index (χ1n) is 6.46. The van der Waals surface area contributed by atoms with E-state index in [0.29, 0.717) is 18.5 Å². The number of Topliss-reactive ketones (excluding diaryl/α,β-unsaturated/α-hetero) is 1. The number of carbonyl (C=O) groups excluding carboxylic acids is 1. The van der Waals surface area contributed by atoms with Crippen LogP contribution in [0.4, 0.5) is 0 Å². The summed E-state index contributed by atoms with van der Waals surface area (Å²) in [7, 11) is -3.58. The molecule has 106 valence electrons. The molecule has 1 aromatic rings. The van der Waals surface area contributed by atoms with Crippen LogP contribution in [-0.4, -0.2) is 31.6 Å². The third-order valence-corrected chi connectivity index (χ3v) is 5.46. The quantitative estimate of drug-likeness (QED) is 0.846. The van der Waals surface area contributed by atoms with Gasteiger partial charge in [-0.05, 0) is 44.0 Å². The molecule has 1 saturated heterocycles. The van der Waals surface area contributed by atoms with E-state index in [9.17, 15) is 13.2 Å². The first-order chi connectivity index (χ1) is 9.45. The lowest BCUT2D eigenvalue weighted by molar-refractivity contribution is -0.121. The zero-order chi connectivity index (χ0) is 14.8. The third kappa shape index (κ3) is 2.89. The zero-order valence-corrected chi connectivity index (χ0v) is 12.1. The molecule has 0 saturated carbocycles. The highest BCUT2D eigenvalue weighted by atomic mass is 32.2. The summed E-state index contributed by atoms with van der Waals surface area (Å²) in [4.78, 5) is 11.6. The molecule has 1 unspecified atom stereocenters. The zero-order valence-electron chi connectivity index (χ0n) is 11.2. The lowest BCUT2D eigenvalue weighted by Crippen LogP contribution is -2.41. The summed E-state index contributed by atoms with van der Waals surface area (Å²) in [5.74, 6) is -0.179. The number of hydrogen-bond donors (Lipinski definition) is 0. The van der Waals surface area contributed by atoms with Gasteiger partial charge in [-0.15, -0.1) is 0 Å². The lowest BCUT2D eigenvalue weighted by Gasteiger charge is -2.30. The molecule has 1 atom stereocenters. The smallest absolute Gasteiger partial charge is 0.243 e. The van der Waals surface area contributed by atoms with Crippen molar-refractivity contribution in [3.8, 4) is 6.07 Å². The van der Waals surface area contributed by atoms with Gasteiger partial charge in [-0.25, -0.2) is 8.42 Å². The molecule has 0 aliphatic carbocycles. The monoisotopic (exact) mass is 292 g/mol. The average molecular weight is 292 g/mol. The van der Waals surface area contributed by atoms with Crippen LogP contribution < -0.4 is 0 Å². The van der Waals surface area contributed by atoms with E-state index in [2.05, 4.69) is 0 Å². The summed E-state index contributed by atoms with van der Waals surface area (Å²) in [5.41, 5.74) is 0.421. The van der Waals surface area contributed by atoms with Crippen LogP contribution in [0, 0.1) is 17.2 Å². The van der Waals surface area contributed by atoms with E-state index >= 15 is 0 Å². The number of piperidine rings is 1. The minimum absolute atomic E-state index is 0.0322. The molecular formula is C14H16N2O3S. The maximum absolute atomic E-state index is 12.5. The standard InChI is InChI=1S/C14H16N2O3S/c1-11(17)13-3-2-8-16(10-13)20(18,19)14-6-4-12(9-15)5-7-14/h4-7,13H,2-3,8,10H2,1H3. The number of benzene rings is 1. The molecule has 1 aromatic carbocycles. The normalized spacial score (nSPS) is 20.3. The highest BCUT2D eigenvalue weighted by Gasteiger charge is 2.31. The number of nitriles is 1.